The van der Waals surface area contributed by atoms with Gasteiger partial charge in [-0.2, -0.15) is 0 Å². The molecule has 0 amide bonds. The van der Waals surface area contributed by atoms with E-state index in [1.807, 2.05) is 0 Å². The number of hydrogen-bond acceptors (Lipinski definition) is 2. The third-order valence-corrected chi connectivity index (χ3v) is 3.35. The van der Waals surface area contributed by atoms with E-state index in [4.69, 9.17) is 4.74 Å². The van der Waals surface area contributed by atoms with Crippen LogP contribution in [0.1, 0.15) is 12.8 Å². The van der Waals surface area contributed by atoms with Crippen LogP contribution >= 0.6 is 0 Å². The standard InChI is InChI=1S/C8H13NO/c1-2-8-6-4-9-3-5(6)7(1)10-8/h5-9H,1-4H2/t5-,6-,7+,8+/m1/s1. The molecule has 2 bridgehead atoms. The summed E-state index contributed by atoms with van der Waals surface area (Å²) in [5, 5.41) is 3.45. The predicted molar refractivity (Wildman–Crippen MR) is 37.7 cm³/mol. The molecule has 3 aliphatic rings. The molecular weight excluding hydrogens is 126 g/mol. The minimum Gasteiger partial charge on any atom is -0.374 e. The Kier molecular flexibility index (Phi) is 0.968. The van der Waals surface area contributed by atoms with Crippen LogP contribution in [0.15, 0.2) is 0 Å². The van der Waals surface area contributed by atoms with E-state index in [1.165, 1.54) is 25.9 Å². The summed E-state index contributed by atoms with van der Waals surface area (Å²) in [5.41, 5.74) is 0. The topological polar surface area (TPSA) is 21.3 Å². The Labute approximate surface area is 60.9 Å². The molecule has 0 aliphatic carbocycles. The Bertz CT molecular complexity index is 143. The predicted octanol–water partition coefficient (Wildman–Crippen LogP) is 0.383. The molecule has 0 saturated carbocycles. The van der Waals surface area contributed by atoms with Gasteiger partial charge in [-0.3, -0.25) is 0 Å². The average Bonchev–Trinajstić information content (AvgIpc) is 2.60. The van der Waals surface area contributed by atoms with Crippen molar-refractivity contribution in [3.8, 4) is 0 Å². The maximum absolute atomic E-state index is 5.80. The van der Waals surface area contributed by atoms with Crippen molar-refractivity contribution in [3.05, 3.63) is 0 Å². The Morgan fingerprint density at radius 2 is 1.60 bits per heavy atom. The van der Waals surface area contributed by atoms with Gasteiger partial charge in [0.1, 0.15) is 0 Å². The molecule has 56 valence electrons. The molecule has 0 spiro atoms. The van der Waals surface area contributed by atoms with Gasteiger partial charge in [0.2, 0.25) is 0 Å². The largest absolute Gasteiger partial charge is 0.374 e. The molecule has 3 saturated heterocycles. The van der Waals surface area contributed by atoms with Crippen LogP contribution in [0.4, 0.5) is 0 Å². The Morgan fingerprint density at radius 3 is 2.20 bits per heavy atom. The van der Waals surface area contributed by atoms with Gasteiger partial charge in [0.25, 0.3) is 0 Å². The van der Waals surface area contributed by atoms with Crippen LogP contribution in [0.2, 0.25) is 0 Å². The number of rotatable bonds is 0. The second-order valence-electron chi connectivity index (χ2n) is 3.78. The molecule has 2 heteroatoms. The van der Waals surface area contributed by atoms with Crippen LogP contribution in [0, 0.1) is 11.8 Å². The number of fused-ring (bicyclic) bond motifs is 5. The van der Waals surface area contributed by atoms with E-state index < -0.39 is 0 Å². The zero-order valence-corrected chi connectivity index (χ0v) is 6.05. The maximum Gasteiger partial charge on any atom is 0.0624 e. The number of nitrogens with one attached hydrogen (secondary N) is 1. The van der Waals surface area contributed by atoms with Gasteiger partial charge in [-0.15, -0.1) is 0 Å². The van der Waals surface area contributed by atoms with Gasteiger partial charge in [0.05, 0.1) is 12.2 Å². The monoisotopic (exact) mass is 139 g/mol. The van der Waals surface area contributed by atoms with Crippen molar-refractivity contribution in [2.45, 2.75) is 25.0 Å². The summed E-state index contributed by atoms with van der Waals surface area (Å²) in [5.74, 6) is 1.75. The molecule has 0 aromatic carbocycles. The molecule has 0 radical (unpaired) electrons. The number of ether oxygens (including phenoxy) is 1. The van der Waals surface area contributed by atoms with Gasteiger partial charge < -0.3 is 10.1 Å². The minimum absolute atomic E-state index is 0.630. The highest BCUT2D eigenvalue weighted by atomic mass is 16.5. The van der Waals surface area contributed by atoms with Gasteiger partial charge in [-0.25, -0.2) is 0 Å². The first-order valence-electron chi connectivity index (χ1n) is 4.31. The van der Waals surface area contributed by atoms with E-state index in [2.05, 4.69) is 5.32 Å². The molecule has 1 N–H and O–H groups in total. The van der Waals surface area contributed by atoms with Gasteiger partial charge in [0, 0.05) is 24.9 Å². The van der Waals surface area contributed by atoms with Crippen molar-refractivity contribution in [3.63, 3.8) is 0 Å². The highest BCUT2D eigenvalue weighted by Gasteiger charge is 2.50. The van der Waals surface area contributed by atoms with Gasteiger partial charge in [-0.05, 0) is 12.8 Å². The first-order valence-corrected chi connectivity index (χ1v) is 4.31. The molecule has 3 heterocycles. The van der Waals surface area contributed by atoms with Crippen molar-refractivity contribution in [2.75, 3.05) is 13.1 Å². The van der Waals surface area contributed by atoms with E-state index in [9.17, 15) is 0 Å². The summed E-state index contributed by atoms with van der Waals surface area (Å²) in [4.78, 5) is 0. The van der Waals surface area contributed by atoms with Crippen molar-refractivity contribution >= 4 is 0 Å². The number of hydrogen-bond donors (Lipinski definition) is 1. The molecule has 3 fully saturated rings. The first kappa shape index (κ1) is 5.56. The summed E-state index contributed by atoms with van der Waals surface area (Å²) >= 11 is 0. The maximum atomic E-state index is 5.80. The van der Waals surface area contributed by atoms with E-state index in [0.717, 1.165) is 11.8 Å². The van der Waals surface area contributed by atoms with Crippen LogP contribution in [0.3, 0.4) is 0 Å². The summed E-state index contributed by atoms with van der Waals surface area (Å²) in [6.07, 6.45) is 3.91. The van der Waals surface area contributed by atoms with Crippen molar-refractivity contribution in [1.82, 2.24) is 5.32 Å². The fourth-order valence-electron chi connectivity index (χ4n) is 2.85. The SMILES string of the molecule is C1NC[C@@H]2[C@@H]1[C@@H]1CC[C@@H]2O1. The lowest BCUT2D eigenvalue weighted by atomic mass is 9.82. The molecule has 0 aromatic heterocycles. The molecule has 2 nitrogen and oxygen atoms in total. The Balaban J connectivity index is 1.92. The van der Waals surface area contributed by atoms with Crippen LogP contribution < -0.4 is 5.32 Å². The zero-order chi connectivity index (χ0) is 6.55. The highest BCUT2D eigenvalue weighted by molar-refractivity contribution is 5.01. The highest BCUT2D eigenvalue weighted by Crippen LogP contribution is 2.44. The second kappa shape index (κ2) is 1.74. The van der Waals surface area contributed by atoms with Crippen LogP contribution in [-0.2, 0) is 4.74 Å². The van der Waals surface area contributed by atoms with Crippen molar-refractivity contribution < 1.29 is 4.74 Å². The van der Waals surface area contributed by atoms with Gasteiger partial charge in [0.15, 0.2) is 0 Å². The molecule has 3 aliphatic heterocycles. The quantitative estimate of drug-likeness (QED) is 0.524. The lowest BCUT2D eigenvalue weighted by Crippen LogP contribution is -2.24. The molecule has 3 rings (SSSR count). The summed E-state index contributed by atoms with van der Waals surface area (Å²) in [6, 6.07) is 0. The van der Waals surface area contributed by atoms with Crippen LogP contribution in [-0.4, -0.2) is 25.3 Å². The summed E-state index contributed by atoms with van der Waals surface area (Å²) in [6.45, 7) is 2.43. The lowest BCUT2D eigenvalue weighted by molar-refractivity contribution is 0.0832. The normalized spacial score (nSPS) is 57.6. The fourth-order valence-corrected chi connectivity index (χ4v) is 2.85. The smallest absolute Gasteiger partial charge is 0.0624 e. The van der Waals surface area contributed by atoms with E-state index in [0.29, 0.717) is 12.2 Å². The fraction of sp³-hybridized carbons (Fsp3) is 1.00. The first-order chi connectivity index (χ1) is 4.95. The molecule has 0 aromatic rings. The van der Waals surface area contributed by atoms with Gasteiger partial charge in [-0.1, -0.05) is 0 Å². The van der Waals surface area contributed by atoms with Gasteiger partial charge >= 0.3 is 0 Å². The average molecular weight is 139 g/mol. The van der Waals surface area contributed by atoms with Crippen LogP contribution in [0.25, 0.3) is 0 Å². The van der Waals surface area contributed by atoms with E-state index in [-0.39, 0.29) is 0 Å². The lowest BCUT2D eigenvalue weighted by Gasteiger charge is -2.18. The second-order valence-corrected chi connectivity index (χ2v) is 3.78. The Hall–Kier alpha value is -0.0800. The summed E-state index contributed by atoms with van der Waals surface area (Å²) < 4.78 is 5.80. The molecule has 10 heavy (non-hydrogen) atoms. The molecule has 4 atom stereocenters. The zero-order valence-electron chi connectivity index (χ0n) is 6.05. The minimum atomic E-state index is 0.630. The van der Waals surface area contributed by atoms with Crippen molar-refractivity contribution in [2.24, 2.45) is 11.8 Å². The van der Waals surface area contributed by atoms with E-state index in [1.54, 1.807) is 0 Å². The third kappa shape index (κ3) is 0.523. The van der Waals surface area contributed by atoms with E-state index >= 15 is 0 Å². The van der Waals surface area contributed by atoms with Crippen LogP contribution in [0.5, 0.6) is 0 Å². The third-order valence-electron chi connectivity index (χ3n) is 3.35. The molecular formula is C8H13NO. The summed E-state index contributed by atoms with van der Waals surface area (Å²) in [7, 11) is 0. The molecule has 0 unspecified atom stereocenters. The Morgan fingerprint density at radius 1 is 1.00 bits per heavy atom. The van der Waals surface area contributed by atoms with Crippen molar-refractivity contribution in [1.29, 1.82) is 0 Å².